The molecule has 0 aliphatic carbocycles. The Morgan fingerprint density at radius 2 is 2.00 bits per heavy atom. The number of aryl methyl sites for hydroxylation is 1. The summed E-state index contributed by atoms with van der Waals surface area (Å²) in [6.07, 6.45) is 1.36. The Morgan fingerprint density at radius 3 is 2.65 bits per heavy atom. The van der Waals surface area contributed by atoms with E-state index in [0.29, 0.717) is 53.4 Å². The third kappa shape index (κ3) is 4.45. The highest BCUT2D eigenvalue weighted by Gasteiger charge is 2.33. The molecule has 0 radical (unpaired) electrons. The summed E-state index contributed by atoms with van der Waals surface area (Å²) in [5.74, 6) is 0.698. The van der Waals surface area contributed by atoms with Gasteiger partial charge in [-0.15, -0.1) is 0 Å². The van der Waals surface area contributed by atoms with E-state index in [4.69, 9.17) is 14.2 Å². The second kappa shape index (κ2) is 9.44. The molecule has 0 N–H and O–H groups in total. The quantitative estimate of drug-likeness (QED) is 0.368. The number of halogens is 1. The molecule has 1 aliphatic heterocycles. The first-order chi connectivity index (χ1) is 16.2. The van der Waals surface area contributed by atoms with E-state index in [1.165, 1.54) is 13.2 Å². The fourth-order valence-electron chi connectivity index (χ4n) is 4.33. The van der Waals surface area contributed by atoms with Gasteiger partial charge in [-0.25, -0.2) is 22.8 Å². The minimum Gasteiger partial charge on any atom is -0.468 e. The van der Waals surface area contributed by atoms with Crippen LogP contribution in [0.15, 0.2) is 29.4 Å². The molecule has 4 rings (SSSR count). The standard InChI is InChI=1S/C24H28FN3O5S/c1-6-16-18(25)8-7-14-11-15(33-13-31-4)12-17(20(14)16)22-21-19(9-10-32-22)26-24(34(5,29)30)27-23(21)28(2)3/h7-8,11-12,22H,6,9-10,13H2,1-5H3. The van der Waals surface area contributed by atoms with Gasteiger partial charge in [-0.3, -0.25) is 0 Å². The predicted octanol–water partition coefficient (Wildman–Crippen LogP) is 3.45. The van der Waals surface area contributed by atoms with Crippen LogP contribution < -0.4 is 9.64 Å². The van der Waals surface area contributed by atoms with Crippen LogP contribution >= 0.6 is 0 Å². The van der Waals surface area contributed by atoms with Crippen LogP contribution in [0.2, 0.25) is 0 Å². The van der Waals surface area contributed by atoms with Crippen molar-refractivity contribution in [1.82, 2.24) is 9.97 Å². The molecule has 2 heterocycles. The average molecular weight is 490 g/mol. The molecule has 34 heavy (non-hydrogen) atoms. The van der Waals surface area contributed by atoms with Crippen LogP contribution in [0.25, 0.3) is 10.8 Å². The molecule has 10 heteroatoms. The molecule has 0 spiro atoms. The Kier molecular flexibility index (Phi) is 6.75. The molecule has 0 fully saturated rings. The molecule has 0 amide bonds. The van der Waals surface area contributed by atoms with Gasteiger partial charge in [0.05, 0.1) is 12.3 Å². The summed E-state index contributed by atoms with van der Waals surface area (Å²) in [5, 5.41) is 1.32. The van der Waals surface area contributed by atoms with E-state index in [2.05, 4.69) is 9.97 Å². The van der Waals surface area contributed by atoms with Gasteiger partial charge in [0.2, 0.25) is 15.0 Å². The van der Waals surface area contributed by atoms with E-state index in [1.54, 1.807) is 25.1 Å². The summed E-state index contributed by atoms with van der Waals surface area (Å²) >= 11 is 0. The van der Waals surface area contributed by atoms with Crippen molar-refractivity contribution in [3.63, 3.8) is 0 Å². The van der Waals surface area contributed by atoms with Gasteiger partial charge >= 0.3 is 0 Å². The van der Waals surface area contributed by atoms with E-state index in [-0.39, 0.29) is 17.8 Å². The first-order valence-electron chi connectivity index (χ1n) is 10.9. The zero-order valence-corrected chi connectivity index (χ0v) is 20.7. The molecule has 0 saturated carbocycles. The first kappa shape index (κ1) is 24.3. The van der Waals surface area contributed by atoms with Crippen molar-refractivity contribution in [2.75, 3.05) is 45.8 Å². The van der Waals surface area contributed by atoms with Crippen LogP contribution in [0.5, 0.6) is 5.75 Å². The van der Waals surface area contributed by atoms with Crippen LogP contribution in [-0.2, 0) is 32.2 Å². The van der Waals surface area contributed by atoms with E-state index in [9.17, 15) is 12.8 Å². The predicted molar refractivity (Wildman–Crippen MR) is 127 cm³/mol. The summed E-state index contributed by atoms with van der Waals surface area (Å²) in [6.45, 7) is 2.28. The van der Waals surface area contributed by atoms with E-state index >= 15 is 0 Å². The number of sulfone groups is 1. The lowest BCUT2D eigenvalue weighted by Crippen LogP contribution is -2.26. The molecular weight excluding hydrogens is 461 g/mol. The number of methoxy groups -OCH3 is 1. The Bertz CT molecular complexity index is 1340. The fourth-order valence-corrected chi connectivity index (χ4v) is 4.86. The van der Waals surface area contributed by atoms with Crippen LogP contribution in [0.4, 0.5) is 10.2 Å². The molecule has 182 valence electrons. The maximum atomic E-state index is 14.9. The lowest BCUT2D eigenvalue weighted by atomic mass is 9.89. The summed E-state index contributed by atoms with van der Waals surface area (Å²) in [4.78, 5) is 10.5. The SMILES string of the molecule is CCc1c(F)ccc2cc(OCOC)cc(C3OCCc4nc(S(C)(=O)=O)nc(N(C)C)c43)c12. The highest BCUT2D eigenvalue weighted by Crippen LogP contribution is 2.43. The summed E-state index contributed by atoms with van der Waals surface area (Å²) in [7, 11) is 1.49. The third-order valence-corrected chi connectivity index (χ3v) is 6.62. The monoisotopic (exact) mass is 489 g/mol. The van der Waals surface area contributed by atoms with Crippen molar-refractivity contribution in [2.24, 2.45) is 0 Å². The molecule has 1 aromatic heterocycles. The molecule has 3 aromatic rings. The largest absolute Gasteiger partial charge is 0.468 e. The second-order valence-electron chi connectivity index (χ2n) is 8.40. The number of aromatic nitrogens is 2. The molecule has 1 atom stereocenters. The van der Waals surface area contributed by atoms with Crippen molar-refractivity contribution >= 4 is 26.4 Å². The third-order valence-electron chi connectivity index (χ3n) is 5.78. The number of anilines is 1. The van der Waals surface area contributed by atoms with Gasteiger partial charge in [0, 0.05) is 39.4 Å². The second-order valence-corrected chi connectivity index (χ2v) is 10.3. The number of hydrogen-bond acceptors (Lipinski definition) is 8. The van der Waals surface area contributed by atoms with Crippen LogP contribution in [-0.4, -0.2) is 59.2 Å². The summed E-state index contributed by atoms with van der Waals surface area (Å²) in [5.41, 5.74) is 2.54. The number of fused-ring (bicyclic) bond motifs is 2. The molecule has 0 bridgehead atoms. The van der Waals surface area contributed by atoms with Gasteiger partial charge in [-0.2, -0.15) is 0 Å². The summed E-state index contributed by atoms with van der Waals surface area (Å²) < 4.78 is 56.4. The molecule has 2 aromatic carbocycles. The van der Waals surface area contributed by atoms with Gasteiger partial charge in [0.15, 0.2) is 6.79 Å². The highest BCUT2D eigenvalue weighted by atomic mass is 32.2. The number of hydrogen-bond donors (Lipinski definition) is 0. The lowest BCUT2D eigenvalue weighted by Gasteiger charge is -2.31. The van der Waals surface area contributed by atoms with Gasteiger partial charge in [0.25, 0.3) is 0 Å². The maximum Gasteiger partial charge on any atom is 0.249 e. The van der Waals surface area contributed by atoms with Crippen molar-refractivity contribution in [1.29, 1.82) is 0 Å². The zero-order valence-electron chi connectivity index (χ0n) is 19.9. The normalized spacial score (nSPS) is 15.9. The van der Waals surface area contributed by atoms with Crippen LogP contribution in [0.1, 0.15) is 35.4 Å². The Hall–Kier alpha value is -2.82. The highest BCUT2D eigenvalue weighted by molar-refractivity contribution is 7.90. The number of ether oxygens (including phenoxy) is 3. The Labute approximate surface area is 198 Å². The van der Waals surface area contributed by atoms with Gasteiger partial charge in [-0.1, -0.05) is 13.0 Å². The molecule has 8 nitrogen and oxygen atoms in total. The number of rotatable bonds is 7. The van der Waals surface area contributed by atoms with Crippen LogP contribution in [0.3, 0.4) is 0 Å². The lowest BCUT2D eigenvalue weighted by molar-refractivity contribution is 0.0501. The molecule has 0 saturated heterocycles. The average Bonchev–Trinajstić information content (AvgIpc) is 2.80. The van der Waals surface area contributed by atoms with Crippen molar-refractivity contribution in [3.8, 4) is 5.75 Å². The number of benzene rings is 2. The van der Waals surface area contributed by atoms with Crippen LogP contribution in [0, 0.1) is 5.82 Å². The van der Waals surface area contributed by atoms with Gasteiger partial charge in [0.1, 0.15) is 23.5 Å². The molecule has 1 aliphatic rings. The minimum atomic E-state index is -3.62. The fraction of sp³-hybridized carbons (Fsp3) is 0.417. The van der Waals surface area contributed by atoms with E-state index in [0.717, 1.165) is 17.0 Å². The van der Waals surface area contributed by atoms with Crippen molar-refractivity contribution < 1.29 is 27.0 Å². The van der Waals surface area contributed by atoms with Crippen molar-refractivity contribution in [2.45, 2.75) is 31.0 Å². The first-order valence-corrected chi connectivity index (χ1v) is 12.8. The Morgan fingerprint density at radius 1 is 1.24 bits per heavy atom. The topological polar surface area (TPSA) is 90.8 Å². The Balaban J connectivity index is 2.03. The molecule has 1 unspecified atom stereocenters. The molecular formula is C24H28FN3O5S. The van der Waals surface area contributed by atoms with E-state index in [1.807, 2.05) is 19.1 Å². The van der Waals surface area contributed by atoms with Gasteiger partial charge < -0.3 is 19.1 Å². The summed E-state index contributed by atoms with van der Waals surface area (Å²) in [6, 6.07) is 6.83. The smallest absolute Gasteiger partial charge is 0.249 e. The van der Waals surface area contributed by atoms with E-state index < -0.39 is 15.9 Å². The number of nitrogens with zero attached hydrogens (tertiary/aromatic N) is 3. The zero-order chi connectivity index (χ0) is 24.6. The maximum absolute atomic E-state index is 14.9. The van der Waals surface area contributed by atoms with Gasteiger partial charge in [-0.05, 0) is 46.5 Å². The minimum absolute atomic E-state index is 0.0542. The van der Waals surface area contributed by atoms with Crippen molar-refractivity contribution in [3.05, 3.63) is 52.5 Å².